The number of fused-ring (bicyclic) bond motifs is 9. The summed E-state index contributed by atoms with van der Waals surface area (Å²) in [5, 5.41) is 22.5. The quantitative estimate of drug-likeness (QED) is 0.101. The monoisotopic (exact) mass is 1750 g/mol. The zero-order valence-electron chi connectivity index (χ0n) is 77.0. The lowest BCUT2D eigenvalue weighted by Gasteiger charge is -2.28. The number of aryl methyl sites for hydroxylation is 5. The third-order valence-corrected chi connectivity index (χ3v) is 25.4. The summed E-state index contributed by atoms with van der Waals surface area (Å²) in [7, 11) is 0. The summed E-state index contributed by atoms with van der Waals surface area (Å²) in [6.45, 7) is 10.7. The van der Waals surface area contributed by atoms with E-state index in [0.717, 1.165) is 5.69 Å². The molecule has 136 heavy (non-hydrogen) atoms. The first-order valence-corrected chi connectivity index (χ1v) is 46.7. The van der Waals surface area contributed by atoms with Gasteiger partial charge in [-0.2, -0.15) is 0 Å². The van der Waals surface area contributed by atoms with Crippen LogP contribution in [0.3, 0.4) is 0 Å². The van der Waals surface area contributed by atoms with Crippen LogP contribution in [0.5, 0.6) is 0 Å². The van der Waals surface area contributed by atoms with E-state index >= 15 is 0 Å². The van der Waals surface area contributed by atoms with Crippen LogP contribution in [-0.4, -0.2) is 0 Å². The Morgan fingerprint density at radius 1 is 0.103 bits per heavy atom. The van der Waals surface area contributed by atoms with E-state index in [1.807, 2.05) is 0 Å². The van der Waals surface area contributed by atoms with Crippen LogP contribution < -0.4 is 24.5 Å². The molecule has 0 saturated carbocycles. The first-order valence-electron chi connectivity index (χ1n) is 46.7. The molecule has 24 aromatic rings. The van der Waals surface area contributed by atoms with E-state index < -0.39 is 0 Å². The van der Waals surface area contributed by atoms with Gasteiger partial charge in [-0.25, -0.2) is 0 Å². The van der Waals surface area contributed by atoms with Crippen molar-refractivity contribution in [2.75, 3.05) is 24.5 Å². The predicted octanol–water partition coefficient (Wildman–Crippen LogP) is 37.7. The molecule has 0 bridgehead atoms. The Balaban J connectivity index is 0.000000105. The fraction of sp³-hybridized carbons (Fsp3) is 0.0382. The molecule has 0 aliphatic carbocycles. The molecular weight excluding hydrogens is 1640 g/mol. The SMILES string of the molecule is Cc1ccc(N(c2ccc3ccccc3c2)c2cccc3ccccc23)cc1.Cc1ccc(N(c2cccc3ccccc23)c2cccc3ccccc23)cc1.Cc1cccc(N(c2ccc3ccccc3c2)c2cccc3ccccc23)c1.Cc1cccc(N(c2cccc3ccccc23)c2cccc3ccccc23)c1.Cc1cccc(N(c2ccccc2)c2ccc3ccccc3c2)c1. The maximum absolute atomic E-state index is 2.39. The van der Waals surface area contributed by atoms with Gasteiger partial charge < -0.3 is 24.5 Å². The standard InChI is InChI=1S/4C27H21N.C23H19N/c1-20-9-6-14-23(19-20)28(26-17-7-12-21-10-2-4-15-24(21)26)27-18-8-13-22-11-3-5-16-25(22)27;1-20-16-18-23(19-17-20)28(26-14-6-10-21-8-2-4-12-24(21)26)27-15-7-11-22-9-3-5-13-25(22)27;1-20-8-6-13-24(18-20)28(25-17-16-21-9-2-3-11-23(21)19-25)27-15-7-12-22-10-4-5-14-26(22)27;1-20-13-16-24(17-14-20)28(25-18-15-21-7-2-3-9-23(21)19-25)27-12-6-10-22-8-4-5-11-26(22)27;1-18-8-7-13-22(16-18)24(21-11-3-2-4-12-21)23-15-14-19-9-5-6-10-20(19)17-23/h4*2-19H,1H3;2-17H,1H3. The van der Waals surface area contributed by atoms with Crippen molar-refractivity contribution in [3.63, 3.8) is 0 Å². The molecular formula is C131H103N5. The van der Waals surface area contributed by atoms with Crippen LogP contribution in [0.1, 0.15) is 27.8 Å². The van der Waals surface area contributed by atoms with Crippen molar-refractivity contribution in [1.82, 2.24) is 0 Å². The smallest absolute Gasteiger partial charge is 0.0540 e. The lowest BCUT2D eigenvalue weighted by atomic mass is 10.0. The molecule has 5 nitrogen and oxygen atoms in total. The largest absolute Gasteiger partial charge is 0.310 e. The number of benzene rings is 24. The maximum Gasteiger partial charge on any atom is 0.0540 e. The minimum Gasteiger partial charge on any atom is -0.310 e. The van der Waals surface area contributed by atoms with E-state index in [0.29, 0.717) is 0 Å². The van der Waals surface area contributed by atoms with E-state index in [4.69, 9.17) is 0 Å². The lowest BCUT2D eigenvalue weighted by Crippen LogP contribution is -2.11. The van der Waals surface area contributed by atoms with E-state index in [-0.39, 0.29) is 0 Å². The number of nitrogens with zero attached hydrogens (tertiary/aromatic N) is 5. The number of hydrogen-bond donors (Lipinski definition) is 0. The van der Waals surface area contributed by atoms with Crippen LogP contribution in [0.4, 0.5) is 85.3 Å². The highest BCUT2D eigenvalue weighted by Gasteiger charge is 2.23. The average Bonchev–Trinajstić information content (AvgIpc) is 1.01. The topological polar surface area (TPSA) is 16.2 Å². The van der Waals surface area contributed by atoms with Crippen LogP contribution in [0.25, 0.3) is 97.0 Å². The van der Waals surface area contributed by atoms with Crippen LogP contribution in [0, 0.1) is 34.6 Å². The molecule has 0 amide bonds. The van der Waals surface area contributed by atoms with Crippen molar-refractivity contribution in [2.24, 2.45) is 0 Å². The molecule has 0 radical (unpaired) electrons. The Kier molecular flexibility index (Phi) is 25.6. The van der Waals surface area contributed by atoms with Gasteiger partial charge in [0.2, 0.25) is 0 Å². The van der Waals surface area contributed by atoms with Crippen molar-refractivity contribution >= 4 is 182 Å². The van der Waals surface area contributed by atoms with Crippen LogP contribution in [0.15, 0.2) is 534 Å². The van der Waals surface area contributed by atoms with Crippen molar-refractivity contribution < 1.29 is 0 Å². The molecule has 0 unspecified atom stereocenters. The van der Waals surface area contributed by atoms with Gasteiger partial charge in [-0.15, -0.1) is 0 Å². The molecule has 0 N–H and O–H groups in total. The number of rotatable bonds is 15. The molecule has 24 rings (SSSR count). The van der Waals surface area contributed by atoms with Gasteiger partial charge in [-0.3, -0.25) is 0 Å². The second-order valence-electron chi connectivity index (χ2n) is 34.8. The van der Waals surface area contributed by atoms with E-state index in [9.17, 15) is 0 Å². The Bertz CT molecular complexity index is 8150. The summed E-state index contributed by atoms with van der Waals surface area (Å²) in [5.74, 6) is 0. The Hall–Kier alpha value is -17.4. The fourth-order valence-corrected chi connectivity index (χ4v) is 18.8. The highest BCUT2D eigenvalue weighted by atomic mass is 15.2. The lowest BCUT2D eigenvalue weighted by molar-refractivity contribution is 1.28. The number of anilines is 15. The molecule has 0 fully saturated rings. The van der Waals surface area contributed by atoms with E-state index in [1.54, 1.807) is 0 Å². The van der Waals surface area contributed by atoms with Crippen molar-refractivity contribution in [3.05, 3.63) is 562 Å². The Labute approximate surface area is 797 Å². The molecule has 5 heteroatoms. The number of para-hydroxylation sites is 1. The molecule has 0 spiro atoms. The number of hydrogen-bond acceptors (Lipinski definition) is 5. The molecule has 24 aromatic carbocycles. The summed E-state index contributed by atoms with van der Waals surface area (Å²) in [4.78, 5) is 11.8. The summed E-state index contributed by atoms with van der Waals surface area (Å²) in [6, 6.07) is 190. The molecule has 0 aromatic heterocycles. The minimum atomic E-state index is 1.16. The van der Waals surface area contributed by atoms with Crippen molar-refractivity contribution in [2.45, 2.75) is 34.6 Å². The molecule has 652 valence electrons. The fourth-order valence-electron chi connectivity index (χ4n) is 18.8. The van der Waals surface area contributed by atoms with Crippen LogP contribution >= 0.6 is 0 Å². The Morgan fingerprint density at radius 2 is 0.287 bits per heavy atom. The summed E-state index contributed by atoms with van der Waals surface area (Å²) >= 11 is 0. The zero-order valence-corrected chi connectivity index (χ0v) is 77.0. The van der Waals surface area contributed by atoms with Gasteiger partial charge >= 0.3 is 0 Å². The first kappa shape index (κ1) is 86.6. The molecule has 0 aliphatic rings. The van der Waals surface area contributed by atoms with Gasteiger partial charge in [0.05, 0.1) is 34.1 Å². The third-order valence-electron chi connectivity index (χ3n) is 25.4. The highest BCUT2D eigenvalue weighted by molar-refractivity contribution is 6.08. The highest BCUT2D eigenvalue weighted by Crippen LogP contribution is 2.48. The molecule has 0 heterocycles. The summed E-state index contributed by atoms with van der Waals surface area (Å²) in [5.41, 5.74) is 24.0. The molecule has 0 saturated heterocycles. The van der Waals surface area contributed by atoms with Crippen molar-refractivity contribution in [1.29, 1.82) is 0 Å². The Morgan fingerprint density at radius 3 is 0.588 bits per heavy atom. The molecule has 0 aliphatic heterocycles. The van der Waals surface area contributed by atoms with Gasteiger partial charge in [-0.05, 0) is 262 Å². The minimum absolute atomic E-state index is 1.16. The van der Waals surface area contributed by atoms with Crippen molar-refractivity contribution in [3.8, 4) is 0 Å². The summed E-state index contributed by atoms with van der Waals surface area (Å²) < 4.78 is 0. The van der Waals surface area contributed by atoms with Gasteiger partial charge in [0.25, 0.3) is 0 Å². The van der Waals surface area contributed by atoms with E-state index in [1.165, 1.54) is 204 Å². The van der Waals surface area contributed by atoms with Gasteiger partial charge in [0.15, 0.2) is 0 Å². The zero-order chi connectivity index (χ0) is 92.1. The van der Waals surface area contributed by atoms with E-state index in [2.05, 4.69) is 593 Å². The first-order chi connectivity index (χ1) is 67.0. The maximum atomic E-state index is 2.39. The molecule has 0 atom stereocenters. The third kappa shape index (κ3) is 19.0. The second kappa shape index (κ2) is 40.1. The van der Waals surface area contributed by atoms with Crippen LogP contribution in [-0.2, 0) is 0 Å². The van der Waals surface area contributed by atoms with Gasteiger partial charge in [0, 0.05) is 83.5 Å². The average molecular weight is 1750 g/mol. The normalized spacial score (nSPS) is 11.0. The second-order valence-corrected chi connectivity index (χ2v) is 34.8. The van der Waals surface area contributed by atoms with Gasteiger partial charge in [-0.1, -0.05) is 399 Å². The van der Waals surface area contributed by atoms with Gasteiger partial charge in [0.1, 0.15) is 0 Å². The predicted molar refractivity (Wildman–Crippen MR) is 587 cm³/mol. The van der Waals surface area contributed by atoms with Crippen LogP contribution in [0.2, 0.25) is 0 Å². The summed E-state index contributed by atoms with van der Waals surface area (Å²) in [6.07, 6.45) is 0.